The molecule has 1 N–H and O–H groups in total. The van der Waals surface area contributed by atoms with Crippen LogP contribution in [0.25, 0.3) is 0 Å². The molecule has 0 aromatic heterocycles. The number of ether oxygens (including phenoxy) is 2. The second-order valence-corrected chi connectivity index (χ2v) is 8.63. The predicted molar refractivity (Wildman–Crippen MR) is 112 cm³/mol. The van der Waals surface area contributed by atoms with Crippen LogP contribution in [-0.2, 0) is 10.2 Å². The Kier molecular flexibility index (Phi) is 7.98. The molecule has 1 fully saturated rings. The van der Waals surface area contributed by atoms with E-state index in [0.29, 0.717) is 45.8 Å². The summed E-state index contributed by atoms with van der Waals surface area (Å²) in [4.78, 5) is 27.0. The minimum atomic E-state index is -0.348. The number of rotatable bonds is 5. The van der Waals surface area contributed by atoms with Gasteiger partial charge in [-0.1, -0.05) is 26.8 Å². The van der Waals surface area contributed by atoms with E-state index in [4.69, 9.17) is 9.47 Å². The van der Waals surface area contributed by atoms with Crippen molar-refractivity contribution < 1.29 is 19.1 Å². The van der Waals surface area contributed by atoms with Crippen LogP contribution in [-0.4, -0.2) is 68.4 Å². The summed E-state index contributed by atoms with van der Waals surface area (Å²) in [5.74, 6) is 0.804. The molecule has 28 heavy (non-hydrogen) atoms. The van der Waals surface area contributed by atoms with E-state index in [9.17, 15) is 9.59 Å². The average Bonchev–Trinajstić information content (AvgIpc) is 2.67. The van der Waals surface area contributed by atoms with Gasteiger partial charge >= 0.3 is 12.1 Å². The Bertz CT molecular complexity index is 683. The highest BCUT2D eigenvalue weighted by Gasteiger charge is 2.24. The van der Waals surface area contributed by atoms with Crippen LogP contribution in [0.1, 0.15) is 32.8 Å². The Morgan fingerprint density at radius 2 is 1.79 bits per heavy atom. The Hall–Kier alpha value is -1.96. The fourth-order valence-electron chi connectivity index (χ4n) is 2.87. The van der Waals surface area contributed by atoms with Crippen LogP contribution in [0.15, 0.2) is 22.7 Å². The molecule has 1 saturated heterocycles. The van der Waals surface area contributed by atoms with Crippen LogP contribution in [0.3, 0.4) is 0 Å². The van der Waals surface area contributed by atoms with E-state index < -0.39 is 0 Å². The molecule has 2 rings (SSSR count). The van der Waals surface area contributed by atoms with Gasteiger partial charge in [0.15, 0.2) is 0 Å². The standard InChI is InChI=1S/C20H30BrN3O4/c1-20(2,3)15-6-7-17(16(21)14-15)28-13-5-8-22-18(25)23-9-11-24(12-10-23)19(26)27-4/h6-7,14H,5,8-13H2,1-4H3,(H,22,25). The predicted octanol–water partition coefficient (Wildman–Crippen LogP) is 3.61. The van der Waals surface area contributed by atoms with Crippen LogP contribution in [0.2, 0.25) is 0 Å². The van der Waals surface area contributed by atoms with Crippen molar-refractivity contribution in [3.63, 3.8) is 0 Å². The van der Waals surface area contributed by atoms with Gasteiger partial charge in [-0.2, -0.15) is 0 Å². The highest BCUT2D eigenvalue weighted by atomic mass is 79.9. The number of halogens is 1. The lowest BCUT2D eigenvalue weighted by Gasteiger charge is -2.33. The molecule has 156 valence electrons. The highest BCUT2D eigenvalue weighted by Crippen LogP contribution is 2.31. The normalized spacial score (nSPS) is 14.6. The molecular weight excluding hydrogens is 426 g/mol. The molecule has 1 aliphatic heterocycles. The summed E-state index contributed by atoms with van der Waals surface area (Å²) in [7, 11) is 1.36. The van der Waals surface area contributed by atoms with Gasteiger partial charge in [-0.3, -0.25) is 0 Å². The number of piperazine rings is 1. The summed E-state index contributed by atoms with van der Waals surface area (Å²) >= 11 is 3.57. The van der Waals surface area contributed by atoms with Crippen molar-refractivity contribution in [1.82, 2.24) is 15.1 Å². The zero-order chi connectivity index (χ0) is 20.7. The molecule has 0 bridgehead atoms. The molecule has 7 nitrogen and oxygen atoms in total. The summed E-state index contributed by atoms with van der Waals surface area (Å²) < 4.78 is 11.4. The molecule has 0 atom stereocenters. The number of hydrogen-bond donors (Lipinski definition) is 1. The molecule has 1 aliphatic rings. The average molecular weight is 456 g/mol. The van der Waals surface area contributed by atoms with Crippen LogP contribution in [0.4, 0.5) is 9.59 Å². The molecule has 0 radical (unpaired) electrons. The number of hydrogen-bond acceptors (Lipinski definition) is 4. The first-order chi connectivity index (χ1) is 13.2. The third kappa shape index (κ3) is 6.29. The topological polar surface area (TPSA) is 71.1 Å². The lowest BCUT2D eigenvalue weighted by atomic mass is 9.87. The quantitative estimate of drug-likeness (QED) is 0.688. The second kappa shape index (κ2) is 10.0. The van der Waals surface area contributed by atoms with Crippen molar-refractivity contribution in [3.8, 4) is 5.75 Å². The van der Waals surface area contributed by atoms with Gasteiger partial charge in [0, 0.05) is 32.7 Å². The minimum absolute atomic E-state index is 0.0909. The monoisotopic (exact) mass is 455 g/mol. The fraction of sp³-hybridized carbons (Fsp3) is 0.600. The molecule has 0 saturated carbocycles. The van der Waals surface area contributed by atoms with Gasteiger partial charge in [0.05, 0.1) is 18.2 Å². The molecule has 0 unspecified atom stereocenters. The Morgan fingerprint density at radius 1 is 1.14 bits per heavy atom. The number of amides is 3. The zero-order valence-electron chi connectivity index (χ0n) is 17.1. The van der Waals surface area contributed by atoms with Gasteiger partial charge < -0.3 is 24.6 Å². The first-order valence-electron chi connectivity index (χ1n) is 9.51. The van der Waals surface area contributed by atoms with Gasteiger partial charge in [0.25, 0.3) is 0 Å². The number of carbonyl (C=O) groups is 2. The third-order valence-corrected chi connectivity index (χ3v) is 5.27. The van der Waals surface area contributed by atoms with Gasteiger partial charge in [-0.25, -0.2) is 9.59 Å². The number of benzene rings is 1. The molecular formula is C20H30BrN3O4. The first-order valence-corrected chi connectivity index (χ1v) is 10.3. The Balaban J connectivity index is 1.67. The van der Waals surface area contributed by atoms with Crippen molar-refractivity contribution in [2.24, 2.45) is 0 Å². The fourth-order valence-corrected chi connectivity index (χ4v) is 3.36. The van der Waals surface area contributed by atoms with Gasteiger partial charge in [-0.15, -0.1) is 0 Å². The lowest BCUT2D eigenvalue weighted by Crippen LogP contribution is -2.53. The van der Waals surface area contributed by atoms with Crippen molar-refractivity contribution in [2.45, 2.75) is 32.6 Å². The lowest BCUT2D eigenvalue weighted by molar-refractivity contribution is 0.0970. The number of methoxy groups -OCH3 is 1. The van der Waals surface area contributed by atoms with E-state index in [1.54, 1.807) is 9.80 Å². The molecule has 1 aromatic rings. The molecule has 0 spiro atoms. The Morgan fingerprint density at radius 3 is 2.36 bits per heavy atom. The molecule has 8 heteroatoms. The molecule has 0 aliphatic carbocycles. The highest BCUT2D eigenvalue weighted by molar-refractivity contribution is 9.10. The SMILES string of the molecule is COC(=O)N1CCN(C(=O)NCCCOc2ccc(C(C)(C)C)cc2Br)CC1. The van der Waals surface area contributed by atoms with E-state index in [2.05, 4.69) is 54.2 Å². The van der Waals surface area contributed by atoms with Crippen LogP contribution >= 0.6 is 15.9 Å². The number of carbonyl (C=O) groups excluding carboxylic acids is 2. The molecule has 1 heterocycles. The maximum absolute atomic E-state index is 12.2. The number of nitrogens with one attached hydrogen (secondary N) is 1. The van der Waals surface area contributed by atoms with Crippen molar-refractivity contribution in [1.29, 1.82) is 0 Å². The van der Waals surface area contributed by atoms with Gasteiger partial charge in [-0.05, 0) is 45.5 Å². The zero-order valence-corrected chi connectivity index (χ0v) is 18.7. The second-order valence-electron chi connectivity index (χ2n) is 7.77. The van der Waals surface area contributed by atoms with E-state index in [-0.39, 0.29) is 17.5 Å². The summed E-state index contributed by atoms with van der Waals surface area (Å²) in [5, 5.41) is 2.90. The maximum atomic E-state index is 12.2. The molecule has 1 aromatic carbocycles. The van der Waals surface area contributed by atoms with E-state index in [1.807, 2.05) is 6.07 Å². The minimum Gasteiger partial charge on any atom is -0.492 e. The number of nitrogens with zero attached hydrogens (tertiary/aromatic N) is 2. The summed E-state index contributed by atoms with van der Waals surface area (Å²) in [6, 6.07) is 6.03. The van der Waals surface area contributed by atoms with Crippen LogP contribution in [0.5, 0.6) is 5.75 Å². The smallest absolute Gasteiger partial charge is 0.409 e. The van der Waals surface area contributed by atoms with Gasteiger partial charge in [0.1, 0.15) is 5.75 Å². The van der Waals surface area contributed by atoms with Crippen molar-refractivity contribution in [2.75, 3.05) is 46.4 Å². The summed E-state index contributed by atoms with van der Waals surface area (Å²) in [6.45, 7) is 9.56. The van der Waals surface area contributed by atoms with E-state index in [1.165, 1.54) is 12.7 Å². The van der Waals surface area contributed by atoms with Crippen molar-refractivity contribution >= 4 is 28.1 Å². The number of urea groups is 1. The maximum Gasteiger partial charge on any atom is 0.409 e. The first kappa shape index (κ1) is 22.3. The van der Waals surface area contributed by atoms with Crippen LogP contribution in [0, 0.1) is 0 Å². The van der Waals surface area contributed by atoms with E-state index >= 15 is 0 Å². The van der Waals surface area contributed by atoms with Crippen LogP contribution < -0.4 is 10.1 Å². The van der Waals surface area contributed by atoms with Crippen molar-refractivity contribution in [3.05, 3.63) is 28.2 Å². The Labute approximate surface area is 175 Å². The third-order valence-electron chi connectivity index (χ3n) is 4.65. The molecule has 3 amide bonds. The van der Waals surface area contributed by atoms with Gasteiger partial charge in [0.2, 0.25) is 0 Å². The largest absolute Gasteiger partial charge is 0.492 e. The summed E-state index contributed by atoms with van der Waals surface area (Å²) in [5.41, 5.74) is 1.33. The van der Waals surface area contributed by atoms with E-state index in [0.717, 1.165) is 10.2 Å². The summed E-state index contributed by atoms with van der Waals surface area (Å²) in [6.07, 6.45) is 0.361.